The first kappa shape index (κ1) is 19.7. The van der Waals surface area contributed by atoms with E-state index in [1.54, 1.807) is 30.5 Å². The van der Waals surface area contributed by atoms with E-state index in [4.69, 9.17) is 0 Å². The Bertz CT molecular complexity index is 1330. The number of nitrogens with zero attached hydrogens (tertiary/aromatic N) is 3. The monoisotopic (exact) mass is 434 g/mol. The summed E-state index contributed by atoms with van der Waals surface area (Å²) < 4.78 is 28.8. The van der Waals surface area contributed by atoms with Gasteiger partial charge in [0.05, 0.1) is 17.1 Å². The van der Waals surface area contributed by atoms with Gasteiger partial charge in [-0.3, -0.25) is 9.78 Å². The van der Waals surface area contributed by atoms with E-state index < -0.39 is 10.0 Å². The summed E-state index contributed by atoms with van der Waals surface area (Å²) in [5, 5.41) is 3.97. The van der Waals surface area contributed by atoms with Crippen LogP contribution in [0.15, 0.2) is 64.0 Å². The van der Waals surface area contributed by atoms with Crippen LogP contribution in [0.4, 0.5) is 5.69 Å². The van der Waals surface area contributed by atoms with Gasteiger partial charge in [0.25, 0.3) is 10.0 Å². The molecule has 2 aliphatic heterocycles. The summed E-state index contributed by atoms with van der Waals surface area (Å²) in [5.41, 5.74) is 3.27. The molecule has 1 fully saturated rings. The molecule has 3 heterocycles. The fraction of sp³-hybridized carbons (Fsp3) is 0.261. The topological polar surface area (TPSA) is 91.7 Å². The second kappa shape index (κ2) is 7.46. The average Bonchev–Trinajstić information content (AvgIpc) is 3.07. The van der Waals surface area contributed by atoms with E-state index in [0.29, 0.717) is 24.5 Å². The Hall–Kier alpha value is -3.26. The first-order chi connectivity index (χ1) is 14.9. The maximum atomic E-state index is 13.1. The molecule has 3 aromatic rings. The number of benzene rings is 2. The fourth-order valence-corrected chi connectivity index (χ4v) is 5.59. The third kappa shape index (κ3) is 3.46. The number of carbonyl (C=O) groups is 1. The Morgan fingerprint density at radius 1 is 1.13 bits per heavy atom. The molecular formula is C23H22N4O3S. The highest BCUT2D eigenvalue weighted by atomic mass is 32.2. The van der Waals surface area contributed by atoms with Crippen molar-refractivity contribution in [1.82, 2.24) is 9.88 Å². The largest absolute Gasteiger partial charge is 0.355 e. The Kier molecular flexibility index (Phi) is 4.74. The quantitative estimate of drug-likeness (QED) is 0.668. The number of aryl methyl sites for hydroxylation is 1. The van der Waals surface area contributed by atoms with Crippen LogP contribution in [0.3, 0.4) is 0 Å². The predicted molar refractivity (Wildman–Crippen MR) is 120 cm³/mol. The molecule has 0 saturated carbocycles. The Morgan fingerprint density at radius 2 is 1.97 bits per heavy atom. The summed E-state index contributed by atoms with van der Waals surface area (Å²) in [5.74, 6) is 0.103. The predicted octanol–water partition coefficient (Wildman–Crippen LogP) is 3.34. The zero-order valence-electron chi connectivity index (χ0n) is 17.1. The molecule has 1 atom stereocenters. The number of hydrogen-bond acceptors (Lipinski definition) is 5. The van der Waals surface area contributed by atoms with Crippen molar-refractivity contribution in [2.75, 3.05) is 18.4 Å². The molecule has 0 radical (unpaired) electrons. The molecule has 8 heteroatoms. The van der Waals surface area contributed by atoms with Gasteiger partial charge in [-0.1, -0.05) is 18.2 Å². The summed E-state index contributed by atoms with van der Waals surface area (Å²) in [7, 11) is -3.68. The van der Waals surface area contributed by atoms with Gasteiger partial charge in [-0.15, -0.1) is 4.40 Å². The number of amides is 1. The van der Waals surface area contributed by atoms with Gasteiger partial charge in [-0.05, 0) is 55.7 Å². The number of fused-ring (bicyclic) bond motifs is 2. The number of anilines is 1. The van der Waals surface area contributed by atoms with Gasteiger partial charge in [0, 0.05) is 30.2 Å². The average molecular weight is 435 g/mol. The Balaban J connectivity index is 1.39. The van der Waals surface area contributed by atoms with Gasteiger partial charge in [0.15, 0.2) is 5.84 Å². The van der Waals surface area contributed by atoms with Crippen LogP contribution in [-0.4, -0.2) is 43.1 Å². The highest BCUT2D eigenvalue weighted by Gasteiger charge is 2.35. The van der Waals surface area contributed by atoms with Crippen molar-refractivity contribution in [1.29, 1.82) is 0 Å². The normalized spacial score (nSPS) is 19.7. The number of rotatable bonds is 2. The van der Waals surface area contributed by atoms with Crippen molar-refractivity contribution in [3.05, 3.63) is 65.9 Å². The molecule has 1 unspecified atom stereocenters. The van der Waals surface area contributed by atoms with Crippen LogP contribution in [0.2, 0.25) is 0 Å². The van der Waals surface area contributed by atoms with E-state index >= 15 is 0 Å². The molecule has 1 aromatic heterocycles. The van der Waals surface area contributed by atoms with Crippen LogP contribution in [0, 0.1) is 12.8 Å². The molecule has 31 heavy (non-hydrogen) atoms. The van der Waals surface area contributed by atoms with Gasteiger partial charge in [0.2, 0.25) is 5.91 Å². The van der Waals surface area contributed by atoms with Crippen molar-refractivity contribution in [3.8, 4) is 0 Å². The molecule has 7 nitrogen and oxygen atoms in total. The van der Waals surface area contributed by atoms with Crippen LogP contribution < -0.4 is 5.32 Å². The molecular weight excluding hydrogens is 412 g/mol. The number of likely N-dealkylation sites (tertiary alicyclic amines) is 1. The summed E-state index contributed by atoms with van der Waals surface area (Å²) in [4.78, 5) is 19.7. The van der Waals surface area contributed by atoms with E-state index in [2.05, 4.69) is 14.7 Å². The first-order valence-corrected chi connectivity index (χ1v) is 11.7. The molecule has 158 valence electrons. The maximum Gasteiger partial charge on any atom is 0.285 e. The number of aromatic nitrogens is 1. The third-order valence-electron chi connectivity index (χ3n) is 5.93. The summed E-state index contributed by atoms with van der Waals surface area (Å²) in [6, 6.07) is 14.5. The lowest BCUT2D eigenvalue weighted by atomic mass is 9.96. The van der Waals surface area contributed by atoms with Crippen LogP contribution in [0.25, 0.3) is 10.9 Å². The number of piperidine rings is 1. The molecule has 1 N–H and O–H groups in total. The molecule has 0 bridgehead atoms. The van der Waals surface area contributed by atoms with Gasteiger partial charge in [-0.25, -0.2) is 0 Å². The van der Waals surface area contributed by atoms with Crippen LogP contribution in [0.5, 0.6) is 0 Å². The van der Waals surface area contributed by atoms with Gasteiger partial charge in [0.1, 0.15) is 4.90 Å². The summed E-state index contributed by atoms with van der Waals surface area (Å²) in [6.07, 6.45) is 3.27. The van der Waals surface area contributed by atoms with Crippen LogP contribution in [0.1, 0.15) is 24.0 Å². The van der Waals surface area contributed by atoms with Crippen molar-refractivity contribution in [2.45, 2.75) is 24.7 Å². The lowest BCUT2D eigenvalue weighted by molar-refractivity contribution is -0.121. The third-order valence-corrected chi connectivity index (χ3v) is 7.26. The van der Waals surface area contributed by atoms with Crippen molar-refractivity contribution >= 4 is 38.4 Å². The highest BCUT2D eigenvalue weighted by molar-refractivity contribution is 7.90. The second-order valence-corrected chi connectivity index (χ2v) is 9.56. The standard InChI is InChI=1S/C23H22N4O3S/c1-15-10-11-19(17-8-4-12-24-21(15)17)25-23(28)16-6-5-13-27(14-16)22-18-7-2-3-9-20(18)31(29,30)26-22/h2-4,7-12,16H,5-6,13-14H2,1H3,(H,25,28). The van der Waals surface area contributed by atoms with Crippen LogP contribution in [-0.2, 0) is 14.8 Å². The highest BCUT2D eigenvalue weighted by Crippen LogP contribution is 2.31. The summed E-state index contributed by atoms with van der Waals surface area (Å²) >= 11 is 0. The number of nitrogens with one attached hydrogen (secondary N) is 1. The lowest BCUT2D eigenvalue weighted by Crippen LogP contribution is -2.43. The van der Waals surface area contributed by atoms with Crippen molar-refractivity contribution < 1.29 is 13.2 Å². The molecule has 1 saturated heterocycles. The van der Waals surface area contributed by atoms with E-state index in [1.807, 2.05) is 36.1 Å². The van der Waals surface area contributed by atoms with E-state index in [-0.39, 0.29) is 16.7 Å². The van der Waals surface area contributed by atoms with E-state index in [9.17, 15) is 13.2 Å². The van der Waals surface area contributed by atoms with Gasteiger partial charge < -0.3 is 10.2 Å². The minimum absolute atomic E-state index is 0.0755. The van der Waals surface area contributed by atoms with Crippen molar-refractivity contribution in [3.63, 3.8) is 0 Å². The smallest absolute Gasteiger partial charge is 0.285 e. The molecule has 1 amide bonds. The lowest BCUT2D eigenvalue weighted by Gasteiger charge is -2.33. The van der Waals surface area contributed by atoms with E-state index in [1.165, 1.54) is 0 Å². The zero-order valence-corrected chi connectivity index (χ0v) is 17.9. The number of pyridine rings is 1. The van der Waals surface area contributed by atoms with Crippen molar-refractivity contribution in [2.24, 2.45) is 10.3 Å². The fourth-order valence-electron chi connectivity index (χ4n) is 4.36. The second-order valence-electron chi connectivity index (χ2n) is 7.99. The van der Waals surface area contributed by atoms with Gasteiger partial charge >= 0.3 is 0 Å². The Labute approximate surface area is 180 Å². The molecule has 2 aromatic carbocycles. The number of sulfonamides is 1. The SMILES string of the molecule is Cc1ccc(NC(=O)C2CCCN(C3=NS(=O)(=O)c4ccccc43)C2)c2cccnc12. The Morgan fingerprint density at radius 3 is 2.84 bits per heavy atom. The minimum atomic E-state index is -3.68. The van der Waals surface area contributed by atoms with E-state index in [0.717, 1.165) is 35.0 Å². The van der Waals surface area contributed by atoms with Gasteiger partial charge in [-0.2, -0.15) is 8.42 Å². The zero-order chi connectivity index (χ0) is 21.6. The maximum absolute atomic E-state index is 13.1. The molecule has 0 aliphatic carbocycles. The number of carbonyl (C=O) groups excluding carboxylic acids is 1. The summed E-state index contributed by atoms with van der Waals surface area (Å²) in [6.45, 7) is 3.09. The molecule has 5 rings (SSSR count). The molecule has 2 aliphatic rings. The molecule has 0 spiro atoms. The number of amidine groups is 1. The van der Waals surface area contributed by atoms with Crippen LogP contribution >= 0.6 is 0 Å². The first-order valence-electron chi connectivity index (χ1n) is 10.3. The number of hydrogen-bond donors (Lipinski definition) is 1. The minimum Gasteiger partial charge on any atom is -0.355 e.